The third-order valence-corrected chi connectivity index (χ3v) is 6.07. The van der Waals surface area contributed by atoms with Crippen molar-refractivity contribution >= 4 is 23.4 Å². The van der Waals surface area contributed by atoms with Crippen LogP contribution in [0, 0.1) is 12.8 Å². The van der Waals surface area contributed by atoms with E-state index in [4.69, 9.17) is 16.3 Å². The molecule has 1 unspecified atom stereocenters. The Morgan fingerprint density at radius 1 is 0.943 bits per heavy atom. The summed E-state index contributed by atoms with van der Waals surface area (Å²) >= 11 is 6.11. The van der Waals surface area contributed by atoms with Gasteiger partial charge in [0.1, 0.15) is 11.8 Å². The van der Waals surface area contributed by atoms with Gasteiger partial charge < -0.3 is 15.0 Å². The number of carbonyl (C=O) groups excluding carboxylic acids is 2. The van der Waals surface area contributed by atoms with Gasteiger partial charge in [0.25, 0.3) is 5.91 Å². The number of carbonyl (C=O) groups is 2. The molecule has 1 atom stereocenters. The molecular weight excluding hydrogens is 460 g/mol. The third-order valence-electron chi connectivity index (χ3n) is 5.64. The zero-order chi connectivity index (χ0) is 25.2. The molecule has 0 radical (unpaired) electrons. The van der Waals surface area contributed by atoms with Gasteiger partial charge in [-0.1, -0.05) is 86.1 Å². The predicted molar refractivity (Wildman–Crippen MR) is 140 cm³/mol. The Balaban J connectivity index is 1.87. The number of nitrogens with one attached hydrogen (secondary N) is 1. The Morgan fingerprint density at radius 3 is 2.17 bits per heavy atom. The van der Waals surface area contributed by atoms with Crippen LogP contribution in [-0.4, -0.2) is 35.9 Å². The van der Waals surface area contributed by atoms with Crippen LogP contribution in [0.2, 0.25) is 5.02 Å². The minimum absolute atomic E-state index is 0.172. The molecule has 0 bridgehead atoms. The van der Waals surface area contributed by atoms with Gasteiger partial charge in [0.15, 0.2) is 6.61 Å². The minimum atomic E-state index is -0.681. The summed E-state index contributed by atoms with van der Waals surface area (Å²) in [5.74, 6) is 0.422. The van der Waals surface area contributed by atoms with Crippen LogP contribution in [0.4, 0.5) is 0 Å². The Labute approximate surface area is 213 Å². The molecule has 35 heavy (non-hydrogen) atoms. The van der Waals surface area contributed by atoms with E-state index in [1.165, 1.54) is 0 Å². The molecule has 1 N–H and O–H groups in total. The highest BCUT2D eigenvalue weighted by Crippen LogP contribution is 2.21. The van der Waals surface area contributed by atoms with Crippen LogP contribution in [-0.2, 0) is 22.6 Å². The first kappa shape index (κ1) is 26.3. The van der Waals surface area contributed by atoms with E-state index >= 15 is 0 Å². The van der Waals surface area contributed by atoms with Crippen molar-refractivity contribution in [2.45, 2.75) is 39.8 Å². The summed E-state index contributed by atoms with van der Waals surface area (Å²) in [6.45, 7) is 6.63. The Kier molecular flexibility index (Phi) is 9.74. The number of benzene rings is 3. The van der Waals surface area contributed by atoms with E-state index in [1.807, 2.05) is 81.4 Å². The molecule has 6 heteroatoms. The lowest BCUT2D eigenvalue weighted by molar-refractivity contribution is -0.142. The van der Waals surface area contributed by atoms with E-state index in [0.29, 0.717) is 36.2 Å². The first-order valence-electron chi connectivity index (χ1n) is 11.9. The smallest absolute Gasteiger partial charge is 0.261 e. The fourth-order valence-electron chi connectivity index (χ4n) is 3.69. The van der Waals surface area contributed by atoms with Crippen LogP contribution in [0.25, 0.3) is 0 Å². The number of ether oxygens (including phenoxy) is 1. The van der Waals surface area contributed by atoms with Crippen molar-refractivity contribution in [3.05, 3.63) is 101 Å². The van der Waals surface area contributed by atoms with Crippen LogP contribution >= 0.6 is 11.6 Å². The van der Waals surface area contributed by atoms with Crippen LogP contribution in [0.5, 0.6) is 5.75 Å². The van der Waals surface area contributed by atoms with Gasteiger partial charge in [-0.25, -0.2) is 0 Å². The van der Waals surface area contributed by atoms with Gasteiger partial charge in [-0.3, -0.25) is 9.59 Å². The second kappa shape index (κ2) is 13.0. The van der Waals surface area contributed by atoms with Gasteiger partial charge in [-0.2, -0.15) is 0 Å². The summed E-state index contributed by atoms with van der Waals surface area (Å²) in [5, 5.41) is 3.66. The van der Waals surface area contributed by atoms with E-state index in [-0.39, 0.29) is 18.4 Å². The summed E-state index contributed by atoms with van der Waals surface area (Å²) in [6, 6.07) is 24.1. The highest BCUT2D eigenvalue weighted by Gasteiger charge is 2.30. The van der Waals surface area contributed by atoms with Crippen molar-refractivity contribution in [2.75, 3.05) is 13.2 Å². The number of nitrogens with zero attached hydrogens (tertiary/aromatic N) is 1. The second-order valence-corrected chi connectivity index (χ2v) is 9.46. The zero-order valence-electron chi connectivity index (χ0n) is 20.5. The number of aryl methyl sites for hydroxylation is 1. The fraction of sp³-hybridized carbons (Fsp3) is 0.310. The van der Waals surface area contributed by atoms with Crippen LogP contribution in [0.3, 0.4) is 0 Å². The molecule has 0 aromatic heterocycles. The van der Waals surface area contributed by atoms with Gasteiger partial charge in [0.2, 0.25) is 5.91 Å². The highest BCUT2D eigenvalue weighted by atomic mass is 35.5. The first-order chi connectivity index (χ1) is 16.8. The molecule has 3 aromatic rings. The standard InChI is InChI=1S/C29H33ClN2O3/c1-21(2)18-31-29(34)27(17-23-10-6-4-7-11-23)32(19-24-12-8-5-9-13-24)28(33)20-35-25-14-15-26(30)22(3)16-25/h4-16,21,27H,17-20H2,1-3H3,(H,31,34). The van der Waals surface area contributed by atoms with Crippen LogP contribution in [0.1, 0.15) is 30.5 Å². The number of rotatable bonds is 11. The fourth-order valence-corrected chi connectivity index (χ4v) is 3.81. The highest BCUT2D eigenvalue weighted by molar-refractivity contribution is 6.31. The van der Waals surface area contributed by atoms with Crippen LogP contribution in [0.15, 0.2) is 78.9 Å². The van der Waals surface area contributed by atoms with Crippen molar-refractivity contribution in [2.24, 2.45) is 5.92 Å². The average Bonchev–Trinajstić information content (AvgIpc) is 2.86. The zero-order valence-corrected chi connectivity index (χ0v) is 21.3. The maximum absolute atomic E-state index is 13.5. The summed E-state index contributed by atoms with van der Waals surface area (Å²) in [5.41, 5.74) is 2.79. The van der Waals surface area contributed by atoms with E-state index in [9.17, 15) is 9.59 Å². The summed E-state index contributed by atoms with van der Waals surface area (Å²) in [7, 11) is 0. The maximum Gasteiger partial charge on any atom is 0.261 e. The molecule has 0 aliphatic rings. The Morgan fingerprint density at radius 2 is 1.57 bits per heavy atom. The molecule has 184 valence electrons. The van der Waals surface area contributed by atoms with Crippen LogP contribution < -0.4 is 10.1 Å². The topological polar surface area (TPSA) is 58.6 Å². The normalized spacial score (nSPS) is 11.7. The van der Waals surface area contributed by atoms with E-state index in [1.54, 1.807) is 23.1 Å². The van der Waals surface area contributed by atoms with E-state index in [0.717, 1.165) is 16.7 Å². The molecule has 0 spiro atoms. The molecule has 0 heterocycles. The van der Waals surface area contributed by atoms with Gasteiger partial charge in [0, 0.05) is 24.5 Å². The SMILES string of the molecule is Cc1cc(OCC(=O)N(Cc2ccccc2)C(Cc2ccccc2)C(=O)NCC(C)C)ccc1Cl. The second-order valence-electron chi connectivity index (χ2n) is 9.05. The molecule has 3 aromatic carbocycles. The number of hydrogen-bond donors (Lipinski definition) is 1. The maximum atomic E-state index is 13.5. The van der Waals surface area contributed by atoms with Crippen molar-refractivity contribution < 1.29 is 14.3 Å². The molecular formula is C29H33ClN2O3. The first-order valence-corrected chi connectivity index (χ1v) is 12.2. The van der Waals surface area contributed by atoms with Gasteiger partial charge >= 0.3 is 0 Å². The predicted octanol–water partition coefficient (Wildman–Crippen LogP) is 5.44. The number of hydrogen-bond acceptors (Lipinski definition) is 3. The number of amides is 2. The molecule has 0 aliphatic carbocycles. The lowest BCUT2D eigenvalue weighted by Crippen LogP contribution is -2.52. The molecule has 0 aliphatic heterocycles. The Bertz CT molecular complexity index is 1100. The molecule has 0 fully saturated rings. The largest absolute Gasteiger partial charge is 0.484 e. The van der Waals surface area contributed by atoms with Gasteiger partial charge in [-0.15, -0.1) is 0 Å². The van der Waals surface area contributed by atoms with Gasteiger partial charge in [-0.05, 0) is 47.7 Å². The molecule has 0 saturated heterocycles. The van der Waals surface area contributed by atoms with Crippen molar-refractivity contribution in [1.29, 1.82) is 0 Å². The molecule has 0 saturated carbocycles. The van der Waals surface area contributed by atoms with Gasteiger partial charge in [0.05, 0.1) is 0 Å². The lowest BCUT2D eigenvalue weighted by atomic mass is 10.0. The van der Waals surface area contributed by atoms with E-state index < -0.39 is 6.04 Å². The lowest BCUT2D eigenvalue weighted by Gasteiger charge is -2.31. The third kappa shape index (κ3) is 8.15. The summed E-state index contributed by atoms with van der Waals surface area (Å²) in [4.78, 5) is 28.6. The summed E-state index contributed by atoms with van der Waals surface area (Å²) < 4.78 is 5.82. The van der Waals surface area contributed by atoms with E-state index in [2.05, 4.69) is 5.32 Å². The van der Waals surface area contributed by atoms with Crippen molar-refractivity contribution in [3.8, 4) is 5.75 Å². The van der Waals surface area contributed by atoms with Crippen molar-refractivity contribution in [3.63, 3.8) is 0 Å². The summed E-state index contributed by atoms with van der Waals surface area (Å²) in [6.07, 6.45) is 0.406. The quantitative estimate of drug-likeness (QED) is 0.387. The number of halogens is 1. The Hall–Kier alpha value is -3.31. The molecule has 2 amide bonds. The average molecular weight is 493 g/mol. The van der Waals surface area contributed by atoms with Crippen molar-refractivity contribution in [1.82, 2.24) is 10.2 Å². The molecule has 5 nitrogen and oxygen atoms in total. The molecule has 3 rings (SSSR count). The minimum Gasteiger partial charge on any atom is -0.484 e. The monoisotopic (exact) mass is 492 g/mol.